The molecule has 2 aromatic carbocycles. The van der Waals surface area contributed by atoms with Crippen molar-refractivity contribution in [2.24, 2.45) is 0 Å². The summed E-state index contributed by atoms with van der Waals surface area (Å²) in [7, 11) is 2.84. The standard InChI is InChI=1S/C31H38F3N3O7/c1-5-10-22-12-14-24(26(20-22)41-3)37(30(40)44-28(38)31(32,33)34)19-9-17-35-16-7-8-18-36-29(39)43-25-15-13-23(11-6-2)21-27(25)42-4/h5-6,12-15,20-21,35H,1-2,7-11,16-19H2,3-4H3,(H,36,39). The number of unbranched alkanes of at least 4 members (excludes halogenated alkanes) is 1. The van der Waals surface area contributed by atoms with Gasteiger partial charge in [0.2, 0.25) is 0 Å². The molecule has 13 heteroatoms. The van der Waals surface area contributed by atoms with Gasteiger partial charge in [0, 0.05) is 13.1 Å². The molecule has 0 heterocycles. The molecule has 0 atom stereocenters. The van der Waals surface area contributed by atoms with Gasteiger partial charge in [-0.05, 0) is 80.6 Å². The van der Waals surface area contributed by atoms with Crippen LogP contribution < -0.4 is 29.7 Å². The maximum absolute atomic E-state index is 12.7. The Morgan fingerprint density at radius 2 is 1.43 bits per heavy atom. The molecule has 0 spiro atoms. The van der Waals surface area contributed by atoms with Gasteiger partial charge in [-0.1, -0.05) is 24.3 Å². The minimum absolute atomic E-state index is 0.0560. The minimum atomic E-state index is -5.32. The maximum Gasteiger partial charge on any atom is 0.491 e. The molecular weight excluding hydrogens is 583 g/mol. The van der Waals surface area contributed by atoms with Gasteiger partial charge in [-0.3, -0.25) is 4.90 Å². The van der Waals surface area contributed by atoms with Gasteiger partial charge in [-0.15, -0.1) is 13.2 Å². The molecule has 0 fully saturated rings. The average molecular weight is 622 g/mol. The number of methoxy groups -OCH3 is 2. The monoisotopic (exact) mass is 621 g/mol. The van der Waals surface area contributed by atoms with E-state index in [2.05, 4.69) is 28.5 Å². The largest absolute Gasteiger partial charge is 0.495 e. The topological polar surface area (TPSA) is 115 Å². The number of hydrogen-bond acceptors (Lipinski definition) is 8. The molecular formula is C31H38F3N3O7. The summed E-state index contributed by atoms with van der Waals surface area (Å²) in [6.07, 6.45) is -1.15. The molecule has 10 nitrogen and oxygen atoms in total. The van der Waals surface area contributed by atoms with E-state index in [4.69, 9.17) is 14.2 Å². The van der Waals surface area contributed by atoms with Crippen molar-refractivity contribution in [3.05, 3.63) is 72.8 Å². The minimum Gasteiger partial charge on any atom is -0.495 e. The van der Waals surface area contributed by atoms with E-state index in [9.17, 15) is 27.6 Å². The SMILES string of the molecule is C=CCc1ccc(OC(=O)NCCCCNCCCN(C(=O)OC(=O)C(F)(F)F)c2ccc(CC=C)cc2OC)c(OC)c1. The lowest BCUT2D eigenvalue weighted by Gasteiger charge is -2.24. The summed E-state index contributed by atoms with van der Waals surface area (Å²) in [6, 6.07) is 10.1. The van der Waals surface area contributed by atoms with E-state index in [1.807, 2.05) is 6.07 Å². The van der Waals surface area contributed by atoms with Crippen LogP contribution in [0.4, 0.5) is 28.4 Å². The Bertz CT molecular complexity index is 1280. The van der Waals surface area contributed by atoms with Crippen LogP contribution in [0.25, 0.3) is 0 Å². The van der Waals surface area contributed by atoms with E-state index >= 15 is 0 Å². The number of amides is 2. The molecule has 0 unspecified atom stereocenters. The molecule has 0 aliphatic carbocycles. The van der Waals surface area contributed by atoms with E-state index < -0.39 is 24.3 Å². The molecule has 44 heavy (non-hydrogen) atoms. The first kappa shape index (κ1) is 35.7. The summed E-state index contributed by atoms with van der Waals surface area (Å²) >= 11 is 0. The molecule has 2 N–H and O–H groups in total. The third-order valence-corrected chi connectivity index (χ3v) is 6.14. The van der Waals surface area contributed by atoms with Crippen LogP contribution in [0.2, 0.25) is 0 Å². The van der Waals surface area contributed by atoms with Gasteiger partial charge in [0.05, 0.1) is 19.9 Å². The third-order valence-electron chi connectivity index (χ3n) is 6.14. The van der Waals surface area contributed by atoms with Gasteiger partial charge >= 0.3 is 24.3 Å². The van der Waals surface area contributed by atoms with Crippen molar-refractivity contribution in [2.45, 2.75) is 38.3 Å². The number of rotatable bonds is 17. The highest BCUT2D eigenvalue weighted by Gasteiger charge is 2.43. The average Bonchev–Trinajstić information content (AvgIpc) is 2.98. The van der Waals surface area contributed by atoms with Crippen LogP contribution >= 0.6 is 0 Å². The fraction of sp³-hybridized carbons (Fsp3) is 0.387. The summed E-state index contributed by atoms with van der Waals surface area (Å²) in [4.78, 5) is 37.0. The summed E-state index contributed by atoms with van der Waals surface area (Å²) in [5.74, 6) is -1.65. The molecule has 2 amide bonds. The first-order valence-electron chi connectivity index (χ1n) is 13.9. The maximum atomic E-state index is 12.7. The van der Waals surface area contributed by atoms with Crippen LogP contribution in [0.15, 0.2) is 61.7 Å². The van der Waals surface area contributed by atoms with Gasteiger partial charge < -0.3 is 29.6 Å². The number of hydrogen-bond donors (Lipinski definition) is 2. The number of carbonyl (C=O) groups is 3. The number of alkyl halides is 3. The van der Waals surface area contributed by atoms with Crippen molar-refractivity contribution in [1.29, 1.82) is 0 Å². The number of halogens is 3. The third kappa shape index (κ3) is 11.6. The van der Waals surface area contributed by atoms with Gasteiger partial charge in [0.25, 0.3) is 0 Å². The van der Waals surface area contributed by atoms with E-state index in [1.54, 1.807) is 36.4 Å². The predicted octanol–water partition coefficient (Wildman–Crippen LogP) is 5.74. The Morgan fingerprint density at radius 1 is 0.841 bits per heavy atom. The van der Waals surface area contributed by atoms with E-state index in [-0.39, 0.29) is 18.0 Å². The molecule has 0 bridgehead atoms. The smallest absolute Gasteiger partial charge is 0.491 e. The normalized spacial score (nSPS) is 10.8. The summed E-state index contributed by atoms with van der Waals surface area (Å²) in [5.41, 5.74) is 1.94. The number of ether oxygens (including phenoxy) is 4. The van der Waals surface area contributed by atoms with Crippen LogP contribution in [0, 0.1) is 0 Å². The first-order chi connectivity index (χ1) is 21.0. The van der Waals surface area contributed by atoms with Crippen LogP contribution in [0.5, 0.6) is 17.2 Å². The van der Waals surface area contributed by atoms with E-state index in [0.717, 1.165) is 16.0 Å². The molecule has 2 aromatic rings. The Labute approximate surface area is 254 Å². The quantitative estimate of drug-likeness (QED) is 0.0995. The molecule has 0 aliphatic rings. The second kappa shape index (κ2) is 18.2. The zero-order chi connectivity index (χ0) is 32.5. The number of carbonyl (C=O) groups excluding carboxylic acids is 3. The lowest BCUT2D eigenvalue weighted by Crippen LogP contribution is -2.38. The van der Waals surface area contributed by atoms with Gasteiger partial charge in [0.1, 0.15) is 5.75 Å². The fourth-order valence-electron chi connectivity index (χ4n) is 4.02. The molecule has 0 aliphatic heterocycles. The highest BCUT2D eigenvalue weighted by atomic mass is 19.4. The number of anilines is 1. The van der Waals surface area contributed by atoms with Crippen LogP contribution in [-0.4, -0.2) is 64.7 Å². The lowest BCUT2D eigenvalue weighted by molar-refractivity contribution is -0.192. The molecule has 0 saturated carbocycles. The highest BCUT2D eigenvalue weighted by Crippen LogP contribution is 2.31. The summed E-state index contributed by atoms with van der Waals surface area (Å²) in [6.45, 7) is 8.65. The molecule has 0 aromatic heterocycles. The Balaban J connectivity index is 1.82. The lowest BCUT2D eigenvalue weighted by atomic mass is 10.1. The van der Waals surface area contributed by atoms with Crippen LogP contribution in [0.3, 0.4) is 0 Å². The fourth-order valence-corrected chi connectivity index (χ4v) is 4.02. The predicted molar refractivity (Wildman–Crippen MR) is 159 cm³/mol. The Kier molecular flexibility index (Phi) is 14.8. The van der Waals surface area contributed by atoms with E-state index in [1.165, 1.54) is 20.3 Å². The molecule has 2 rings (SSSR count). The number of allylic oxidation sites excluding steroid dienone is 2. The molecule has 0 radical (unpaired) electrons. The van der Waals surface area contributed by atoms with Crippen molar-refractivity contribution in [3.63, 3.8) is 0 Å². The van der Waals surface area contributed by atoms with Gasteiger partial charge in [-0.2, -0.15) is 13.2 Å². The van der Waals surface area contributed by atoms with Crippen molar-refractivity contribution >= 4 is 23.8 Å². The second-order valence-corrected chi connectivity index (χ2v) is 9.41. The second-order valence-electron chi connectivity index (χ2n) is 9.41. The number of benzene rings is 2. The van der Waals surface area contributed by atoms with Crippen molar-refractivity contribution in [2.75, 3.05) is 45.3 Å². The zero-order valence-electron chi connectivity index (χ0n) is 24.8. The Morgan fingerprint density at radius 3 is 2.05 bits per heavy atom. The van der Waals surface area contributed by atoms with Crippen molar-refractivity contribution in [1.82, 2.24) is 10.6 Å². The highest BCUT2D eigenvalue weighted by molar-refractivity contribution is 5.97. The number of nitrogens with one attached hydrogen (secondary N) is 2. The zero-order valence-corrected chi connectivity index (χ0v) is 24.8. The van der Waals surface area contributed by atoms with E-state index in [0.29, 0.717) is 63.2 Å². The first-order valence-corrected chi connectivity index (χ1v) is 13.9. The van der Waals surface area contributed by atoms with Crippen molar-refractivity contribution in [3.8, 4) is 17.2 Å². The number of nitrogens with zero attached hydrogens (tertiary/aromatic N) is 1. The number of esters is 1. The molecule has 240 valence electrons. The summed E-state index contributed by atoms with van der Waals surface area (Å²) < 4.78 is 58.2. The van der Waals surface area contributed by atoms with Crippen LogP contribution in [-0.2, 0) is 22.4 Å². The summed E-state index contributed by atoms with van der Waals surface area (Å²) in [5, 5.41) is 5.85. The molecule has 0 saturated heterocycles. The van der Waals surface area contributed by atoms with Gasteiger partial charge in [-0.25, -0.2) is 14.4 Å². The Hall–Kier alpha value is -4.52. The van der Waals surface area contributed by atoms with Crippen LogP contribution in [0.1, 0.15) is 30.4 Å². The van der Waals surface area contributed by atoms with Gasteiger partial charge in [0.15, 0.2) is 11.5 Å². The van der Waals surface area contributed by atoms with Crippen molar-refractivity contribution < 1.29 is 46.5 Å².